The van der Waals surface area contributed by atoms with Gasteiger partial charge in [-0.2, -0.15) is 0 Å². The molecule has 1 spiro atoms. The minimum Gasteiger partial charge on any atom is -0.381 e. The van der Waals surface area contributed by atoms with E-state index in [-0.39, 0.29) is 30.4 Å². The second kappa shape index (κ2) is 6.72. The number of H-pyrrole nitrogens is 1. The monoisotopic (exact) mass is 347 g/mol. The van der Waals surface area contributed by atoms with Gasteiger partial charge in [0, 0.05) is 25.1 Å². The fourth-order valence-electron chi connectivity index (χ4n) is 3.82. The Labute approximate surface area is 145 Å². The van der Waals surface area contributed by atoms with Gasteiger partial charge in [-0.05, 0) is 37.5 Å². The van der Waals surface area contributed by atoms with Crippen LogP contribution in [0.5, 0.6) is 0 Å². The number of fused-ring (bicyclic) bond motifs is 1. The van der Waals surface area contributed by atoms with E-state index in [1.807, 2.05) is 4.90 Å². The molecular weight excluding hydrogens is 325 g/mol. The average Bonchev–Trinajstić information content (AvgIpc) is 3.21. The highest BCUT2D eigenvalue weighted by atomic mass is 19.1. The van der Waals surface area contributed by atoms with Crippen molar-refractivity contribution in [3.8, 4) is 0 Å². The van der Waals surface area contributed by atoms with Gasteiger partial charge in [-0.25, -0.2) is 9.37 Å². The zero-order valence-corrected chi connectivity index (χ0v) is 14.1. The lowest BCUT2D eigenvalue weighted by atomic mass is 9.79. The highest BCUT2D eigenvalue weighted by Crippen LogP contribution is 2.37. The molecule has 2 aliphatic heterocycles. The first-order valence-electron chi connectivity index (χ1n) is 8.71. The molecule has 2 fully saturated rings. The van der Waals surface area contributed by atoms with E-state index in [4.69, 9.17) is 9.47 Å². The number of nitrogens with zero attached hydrogens (tertiary/aromatic N) is 2. The molecule has 0 bridgehead atoms. The third kappa shape index (κ3) is 3.52. The van der Waals surface area contributed by atoms with E-state index in [0.717, 1.165) is 45.6 Å². The molecule has 1 unspecified atom stereocenters. The van der Waals surface area contributed by atoms with Crippen molar-refractivity contribution in [3.05, 3.63) is 29.8 Å². The summed E-state index contributed by atoms with van der Waals surface area (Å²) in [7, 11) is 0. The van der Waals surface area contributed by atoms with Crippen LogP contribution in [-0.2, 0) is 20.9 Å². The molecule has 2 aromatic rings. The summed E-state index contributed by atoms with van der Waals surface area (Å²) in [6.07, 6.45) is 3.19. The smallest absolute Gasteiger partial charge is 0.248 e. The molecule has 1 aromatic carbocycles. The molecule has 0 radical (unpaired) electrons. The molecule has 0 aliphatic carbocycles. The SMILES string of the molecule is O=C(COCc1nc2ccc(F)cc2[nH]1)N1CCCC2(CCOC2)C1. The molecule has 1 amide bonds. The van der Waals surface area contributed by atoms with E-state index < -0.39 is 0 Å². The first-order chi connectivity index (χ1) is 12.1. The van der Waals surface area contributed by atoms with E-state index >= 15 is 0 Å². The lowest BCUT2D eigenvalue weighted by molar-refractivity contribution is -0.140. The van der Waals surface area contributed by atoms with E-state index in [9.17, 15) is 9.18 Å². The summed E-state index contributed by atoms with van der Waals surface area (Å²) in [5.41, 5.74) is 1.46. The van der Waals surface area contributed by atoms with Crippen molar-refractivity contribution >= 4 is 16.9 Å². The number of hydrogen-bond donors (Lipinski definition) is 1. The summed E-state index contributed by atoms with van der Waals surface area (Å²) in [4.78, 5) is 21.7. The summed E-state index contributed by atoms with van der Waals surface area (Å²) in [6.45, 7) is 3.33. The van der Waals surface area contributed by atoms with Crippen molar-refractivity contribution in [2.75, 3.05) is 32.9 Å². The maximum absolute atomic E-state index is 13.2. The Bertz CT molecular complexity index is 770. The van der Waals surface area contributed by atoms with Gasteiger partial charge in [0.1, 0.15) is 24.9 Å². The molecular formula is C18H22FN3O3. The quantitative estimate of drug-likeness (QED) is 0.921. The number of amides is 1. The molecule has 4 rings (SSSR count). The summed E-state index contributed by atoms with van der Waals surface area (Å²) >= 11 is 0. The largest absolute Gasteiger partial charge is 0.381 e. The van der Waals surface area contributed by atoms with Crippen molar-refractivity contribution in [1.29, 1.82) is 0 Å². The third-order valence-electron chi connectivity index (χ3n) is 5.16. The highest BCUT2D eigenvalue weighted by molar-refractivity contribution is 5.77. The van der Waals surface area contributed by atoms with E-state index in [2.05, 4.69) is 9.97 Å². The van der Waals surface area contributed by atoms with Crippen LogP contribution in [0, 0.1) is 11.2 Å². The molecule has 2 aliphatic rings. The molecule has 1 atom stereocenters. The number of halogens is 1. The minimum absolute atomic E-state index is 0.00753. The zero-order chi connectivity index (χ0) is 17.3. The lowest BCUT2D eigenvalue weighted by Crippen LogP contribution is -2.47. The third-order valence-corrected chi connectivity index (χ3v) is 5.16. The summed E-state index contributed by atoms with van der Waals surface area (Å²) in [5, 5.41) is 0. The number of benzene rings is 1. The Morgan fingerprint density at radius 1 is 1.44 bits per heavy atom. The van der Waals surface area contributed by atoms with Crippen LogP contribution >= 0.6 is 0 Å². The summed E-state index contributed by atoms with van der Waals surface area (Å²) in [6, 6.07) is 4.39. The number of ether oxygens (including phenoxy) is 2. The van der Waals surface area contributed by atoms with Gasteiger partial charge in [0.2, 0.25) is 5.91 Å². The van der Waals surface area contributed by atoms with Crippen LogP contribution in [0.1, 0.15) is 25.1 Å². The van der Waals surface area contributed by atoms with Crippen molar-refractivity contribution in [3.63, 3.8) is 0 Å². The Kier molecular flexibility index (Phi) is 4.43. The number of likely N-dealkylation sites (tertiary alicyclic amines) is 1. The number of aromatic amines is 1. The first-order valence-corrected chi connectivity index (χ1v) is 8.71. The molecule has 0 saturated carbocycles. The van der Waals surface area contributed by atoms with Crippen LogP contribution in [-0.4, -0.2) is 53.7 Å². The number of nitrogens with one attached hydrogen (secondary N) is 1. The number of rotatable bonds is 4. The fourth-order valence-corrected chi connectivity index (χ4v) is 3.82. The van der Waals surface area contributed by atoms with Gasteiger partial charge >= 0.3 is 0 Å². The number of carbonyl (C=O) groups is 1. The number of carbonyl (C=O) groups excluding carboxylic acids is 1. The van der Waals surface area contributed by atoms with Gasteiger partial charge in [-0.3, -0.25) is 4.79 Å². The topological polar surface area (TPSA) is 67.5 Å². The molecule has 1 N–H and O–H groups in total. The van der Waals surface area contributed by atoms with Crippen molar-refractivity contribution in [2.45, 2.75) is 25.9 Å². The lowest BCUT2D eigenvalue weighted by Gasteiger charge is -2.39. The Morgan fingerprint density at radius 3 is 3.20 bits per heavy atom. The number of imidazole rings is 1. The second-order valence-corrected chi connectivity index (χ2v) is 7.06. The summed E-state index contributed by atoms with van der Waals surface area (Å²) < 4.78 is 24.3. The normalized spacial score (nSPS) is 23.6. The molecule has 3 heterocycles. The van der Waals surface area contributed by atoms with Gasteiger partial charge in [0.15, 0.2) is 0 Å². The second-order valence-electron chi connectivity index (χ2n) is 7.06. The molecule has 2 saturated heterocycles. The van der Waals surface area contributed by atoms with Gasteiger partial charge in [-0.1, -0.05) is 0 Å². The van der Waals surface area contributed by atoms with E-state index in [1.165, 1.54) is 12.1 Å². The molecule has 6 nitrogen and oxygen atoms in total. The Morgan fingerprint density at radius 2 is 2.36 bits per heavy atom. The van der Waals surface area contributed by atoms with Crippen molar-refractivity contribution in [2.24, 2.45) is 5.41 Å². The Hall–Kier alpha value is -1.99. The standard InChI is InChI=1S/C18H22FN3O3/c19-13-2-3-14-15(8-13)21-16(20-14)9-25-10-17(23)22-6-1-4-18(11-22)5-7-24-12-18/h2-3,8H,1,4-7,9-12H2,(H,20,21). The predicted molar refractivity (Wildman–Crippen MR) is 89.4 cm³/mol. The van der Waals surface area contributed by atoms with Crippen molar-refractivity contribution in [1.82, 2.24) is 14.9 Å². The van der Waals surface area contributed by atoms with Crippen LogP contribution in [0.15, 0.2) is 18.2 Å². The van der Waals surface area contributed by atoms with Gasteiger partial charge < -0.3 is 19.4 Å². The van der Waals surface area contributed by atoms with Crippen molar-refractivity contribution < 1.29 is 18.7 Å². The fraction of sp³-hybridized carbons (Fsp3) is 0.556. The molecule has 25 heavy (non-hydrogen) atoms. The van der Waals surface area contributed by atoms with Gasteiger partial charge in [-0.15, -0.1) is 0 Å². The predicted octanol–water partition coefficient (Wildman–Crippen LogP) is 2.25. The number of aromatic nitrogens is 2. The maximum atomic E-state index is 13.2. The van der Waals surface area contributed by atoms with Gasteiger partial charge in [0.25, 0.3) is 0 Å². The molecule has 1 aromatic heterocycles. The number of hydrogen-bond acceptors (Lipinski definition) is 4. The van der Waals surface area contributed by atoms with Crippen LogP contribution < -0.4 is 0 Å². The van der Waals surface area contributed by atoms with E-state index in [1.54, 1.807) is 6.07 Å². The minimum atomic E-state index is -0.311. The maximum Gasteiger partial charge on any atom is 0.248 e. The average molecular weight is 347 g/mol. The van der Waals surface area contributed by atoms with Crippen LogP contribution in [0.2, 0.25) is 0 Å². The summed E-state index contributed by atoms with van der Waals surface area (Å²) in [5.74, 6) is 0.287. The molecule has 7 heteroatoms. The highest BCUT2D eigenvalue weighted by Gasteiger charge is 2.40. The van der Waals surface area contributed by atoms with Gasteiger partial charge in [0.05, 0.1) is 17.6 Å². The van der Waals surface area contributed by atoms with Crippen LogP contribution in [0.3, 0.4) is 0 Å². The first kappa shape index (κ1) is 16.5. The molecule has 134 valence electrons. The van der Waals surface area contributed by atoms with E-state index in [0.29, 0.717) is 16.9 Å². The zero-order valence-electron chi connectivity index (χ0n) is 14.1. The Balaban J connectivity index is 1.30. The van der Waals surface area contributed by atoms with Crippen LogP contribution in [0.25, 0.3) is 11.0 Å². The number of piperidine rings is 1. The van der Waals surface area contributed by atoms with Crippen LogP contribution in [0.4, 0.5) is 4.39 Å².